The van der Waals surface area contributed by atoms with E-state index in [9.17, 15) is 0 Å². The van der Waals surface area contributed by atoms with Gasteiger partial charge in [0.1, 0.15) is 12.2 Å². The Hall–Kier alpha value is -3.32. The fraction of sp³-hybridized carbons (Fsp3) is 0.314. The van der Waals surface area contributed by atoms with Crippen molar-refractivity contribution in [2.24, 2.45) is 5.92 Å². The molecule has 0 bridgehead atoms. The second-order valence-electron chi connectivity index (χ2n) is 10.2. The van der Waals surface area contributed by atoms with Crippen LogP contribution in [0.25, 0.3) is 0 Å². The van der Waals surface area contributed by atoms with Gasteiger partial charge in [0.25, 0.3) is 0 Å². The monoisotopic (exact) mass is 538 g/mol. The lowest BCUT2D eigenvalue weighted by Gasteiger charge is -2.45. The Morgan fingerprint density at radius 3 is 1.38 bits per heavy atom. The zero-order valence-electron chi connectivity index (χ0n) is 23.0. The smallest absolute Gasteiger partial charge is 0.163 e. The summed E-state index contributed by atoms with van der Waals surface area (Å²) >= 11 is 0. The third kappa shape index (κ3) is 8.10. The number of benzene rings is 4. The van der Waals surface area contributed by atoms with Gasteiger partial charge < -0.3 is 23.7 Å². The van der Waals surface area contributed by atoms with Crippen LogP contribution in [-0.4, -0.2) is 31.2 Å². The molecule has 0 saturated carbocycles. The largest absolute Gasteiger partial charge is 0.374 e. The summed E-state index contributed by atoms with van der Waals surface area (Å²) in [5.41, 5.74) is 4.42. The van der Waals surface area contributed by atoms with Crippen LogP contribution in [0.2, 0.25) is 0 Å². The maximum atomic E-state index is 6.62. The number of rotatable bonds is 13. The lowest BCUT2D eigenvalue weighted by molar-refractivity contribution is -0.305. The molecule has 1 aliphatic rings. The molecule has 0 N–H and O–H groups in total. The first-order valence-corrected chi connectivity index (χ1v) is 14.0. The maximum Gasteiger partial charge on any atom is 0.163 e. The molecule has 0 spiro atoms. The molecule has 5 atom stereocenters. The molecule has 0 amide bonds. The Kier molecular flexibility index (Phi) is 10.5. The lowest BCUT2D eigenvalue weighted by atomic mass is 9.91. The predicted octanol–water partition coefficient (Wildman–Crippen LogP) is 6.95. The molecule has 1 aliphatic heterocycles. The van der Waals surface area contributed by atoms with Crippen LogP contribution in [0.4, 0.5) is 0 Å². The van der Waals surface area contributed by atoms with E-state index in [1.165, 1.54) is 0 Å². The summed E-state index contributed by atoms with van der Waals surface area (Å²) in [5, 5.41) is 0. The Labute approximate surface area is 237 Å². The van der Waals surface area contributed by atoms with Crippen molar-refractivity contribution in [2.45, 2.75) is 58.0 Å². The van der Waals surface area contributed by atoms with Crippen LogP contribution in [0.5, 0.6) is 0 Å². The first-order chi connectivity index (χ1) is 19.8. The average molecular weight is 539 g/mol. The van der Waals surface area contributed by atoms with Crippen molar-refractivity contribution >= 4 is 0 Å². The third-order valence-electron chi connectivity index (χ3n) is 7.17. The zero-order valence-corrected chi connectivity index (χ0v) is 23.0. The van der Waals surface area contributed by atoms with E-state index in [0.29, 0.717) is 33.0 Å². The van der Waals surface area contributed by atoms with Gasteiger partial charge in [0.05, 0.1) is 39.1 Å². The minimum atomic E-state index is -0.470. The van der Waals surface area contributed by atoms with Crippen molar-refractivity contribution in [1.29, 1.82) is 0 Å². The van der Waals surface area contributed by atoms with Gasteiger partial charge in [-0.05, 0) is 22.3 Å². The van der Waals surface area contributed by atoms with Gasteiger partial charge in [0, 0.05) is 5.92 Å². The topological polar surface area (TPSA) is 46.2 Å². The Balaban J connectivity index is 1.34. The van der Waals surface area contributed by atoms with Gasteiger partial charge in [-0.2, -0.15) is 0 Å². The highest BCUT2D eigenvalue weighted by molar-refractivity contribution is 5.16. The first kappa shape index (κ1) is 28.2. The molecule has 0 radical (unpaired) electrons. The first-order valence-electron chi connectivity index (χ1n) is 14.0. The molecular formula is C35H38O5. The molecule has 4 aromatic carbocycles. The zero-order chi connectivity index (χ0) is 27.4. The van der Waals surface area contributed by atoms with Crippen LogP contribution in [0, 0.1) is 5.92 Å². The molecule has 4 aromatic rings. The summed E-state index contributed by atoms with van der Waals surface area (Å²) in [6, 6.07) is 40.7. The summed E-state index contributed by atoms with van der Waals surface area (Å²) in [6.45, 7) is 4.35. The van der Waals surface area contributed by atoms with Crippen molar-refractivity contribution in [3.63, 3.8) is 0 Å². The summed E-state index contributed by atoms with van der Waals surface area (Å²) < 4.78 is 32.3. The molecule has 0 unspecified atom stereocenters. The molecule has 5 nitrogen and oxygen atoms in total. The highest BCUT2D eigenvalue weighted by Crippen LogP contribution is 2.33. The molecule has 208 valence electrons. The lowest BCUT2D eigenvalue weighted by Crippen LogP contribution is -2.57. The van der Waals surface area contributed by atoms with E-state index in [-0.39, 0.29) is 24.2 Å². The van der Waals surface area contributed by atoms with Crippen LogP contribution in [0.3, 0.4) is 0 Å². The van der Waals surface area contributed by atoms with Crippen molar-refractivity contribution < 1.29 is 23.7 Å². The van der Waals surface area contributed by atoms with E-state index in [1.807, 2.05) is 72.8 Å². The summed E-state index contributed by atoms with van der Waals surface area (Å²) in [4.78, 5) is 0. The second-order valence-corrected chi connectivity index (χ2v) is 10.2. The standard InChI is InChI=1S/C35H38O5/c1-27-33(37-23-29-16-8-3-9-17-29)34(38-24-30-18-10-4-11-19-30)32(26-36-22-28-14-6-2-7-15-28)40-35(27)39-25-31-20-12-5-13-21-31/h2-21,27,32-35H,22-26H2,1H3/t27-,32+,33+,34-,35-/m0/s1. The van der Waals surface area contributed by atoms with Crippen LogP contribution in [-0.2, 0) is 50.1 Å². The van der Waals surface area contributed by atoms with Crippen LogP contribution < -0.4 is 0 Å². The van der Waals surface area contributed by atoms with E-state index < -0.39 is 6.29 Å². The molecule has 1 fully saturated rings. The summed E-state index contributed by atoms with van der Waals surface area (Å²) in [5.74, 6) is -0.0708. The predicted molar refractivity (Wildman–Crippen MR) is 155 cm³/mol. The van der Waals surface area contributed by atoms with Gasteiger partial charge >= 0.3 is 0 Å². The minimum absolute atomic E-state index is 0.0708. The molecule has 5 heteroatoms. The minimum Gasteiger partial charge on any atom is -0.374 e. The highest BCUT2D eigenvalue weighted by Gasteiger charge is 2.46. The van der Waals surface area contributed by atoms with E-state index in [1.54, 1.807) is 0 Å². The quantitative estimate of drug-likeness (QED) is 0.184. The normalized spacial score (nSPS) is 22.7. The number of hydrogen-bond donors (Lipinski definition) is 0. The van der Waals surface area contributed by atoms with E-state index in [0.717, 1.165) is 22.3 Å². The van der Waals surface area contributed by atoms with Crippen LogP contribution in [0.1, 0.15) is 29.2 Å². The van der Waals surface area contributed by atoms with Crippen molar-refractivity contribution in [3.05, 3.63) is 144 Å². The van der Waals surface area contributed by atoms with Gasteiger partial charge in [0.2, 0.25) is 0 Å². The van der Waals surface area contributed by atoms with Gasteiger partial charge in [-0.15, -0.1) is 0 Å². The molecule has 1 heterocycles. The van der Waals surface area contributed by atoms with Gasteiger partial charge in [-0.25, -0.2) is 0 Å². The molecule has 0 aliphatic carbocycles. The van der Waals surface area contributed by atoms with Gasteiger partial charge in [0.15, 0.2) is 6.29 Å². The fourth-order valence-electron chi connectivity index (χ4n) is 4.97. The van der Waals surface area contributed by atoms with Crippen molar-refractivity contribution in [1.82, 2.24) is 0 Å². The Morgan fingerprint density at radius 1 is 0.500 bits per heavy atom. The third-order valence-corrected chi connectivity index (χ3v) is 7.17. The van der Waals surface area contributed by atoms with Gasteiger partial charge in [-0.1, -0.05) is 128 Å². The SMILES string of the molecule is C[C@@H]1[C@@H](OCc2ccccc2)O[C@H](COCc2ccccc2)[C@H](OCc2ccccc2)[C@@H]1OCc1ccccc1. The van der Waals surface area contributed by atoms with Crippen molar-refractivity contribution in [2.75, 3.05) is 6.61 Å². The summed E-state index contributed by atoms with van der Waals surface area (Å²) in [6.07, 6.45) is -1.44. The van der Waals surface area contributed by atoms with Crippen LogP contribution >= 0.6 is 0 Å². The fourth-order valence-corrected chi connectivity index (χ4v) is 4.97. The molecular weight excluding hydrogens is 500 g/mol. The average Bonchev–Trinajstić information content (AvgIpc) is 3.01. The Bertz CT molecular complexity index is 1190. The van der Waals surface area contributed by atoms with E-state index >= 15 is 0 Å². The van der Waals surface area contributed by atoms with Crippen molar-refractivity contribution in [3.8, 4) is 0 Å². The molecule has 5 rings (SSSR count). The number of ether oxygens (including phenoxy) is 5. The summed E-state index contributed by atoms with van der Waals surface area (Å²) in [7, 11) is 0. The molecule has 40 heavy (non-hydrogen) atoms. The van der Waals surface area contributed by atoms with E-state index in [4.69, 9.17) is 23.7 Å². The molecule has 0 aromatic heterocycles. The van der Waals surface area contributed by atoms with E-state index in [2.05, 4.69) is 55.5 Å². The Morgan fingerprint density at radius 2 is 0.900 bits per heavy atom. The molecule has 1 saturated heterocycles. The van der Waals surface area contributed by atoms with Gasteiger partial charge in [-0.3, -0.25) is 0 Å². The number of hydrogen-bond acceptors (Lipinski definition) is 5. The second kappa shape index (κ2) is 14.9. The van der Waals surface area contributed by atoms with Crippen LogP contribution in [0.15, 0.2) is 121 Å². The maximum absolute atomic E-state index is 6.62. The highest BCUT2D eigenvalue weighted by atomic mass is 16.7.